The van der Waals surface area contributed by atoms with Crippen LogP contribution in [0.1, 0.15) is 12.5 Å². The third kappa shape index (κ3) is 3.27. The molecule has 82 valence electrons. The van der Waals surface area contributed by atoms with E-state index in [1.165, 1.54) is 0 Å². The Hall–Kier alpha value is -1.51. The van der Waals surface area contributed by atoms with Gasteiger partial charge < -0.3 is 10.0 Å². The molecule has 0 amide bonds. The highest BCUT2D eigenvalue weighted by molar-refractivity contribution is 5.69. The molecule has 1 rings (SSSR count). The number of hydrogen-bond acceptors (Lipinski definition) is 2. The Morgan fingerprint density at radius 2 is 1.87 bits per heavy atom. The summed E-state index contributed by atoms with van der Waals surface area (Å²) >= 11 is 0. The highest BCUT2D eigenvalue weighted by atomic mass is 16.4. The van der Waals surface area contributed by atoms with E-state index in [0.29, 0.717) is 6.42 Å². The van der Waals surface area contributed by atoms with Crippen LogP contribution in [0.5, 0.6) is 0 Å². The number of benzene rings is 1. The predicted molar refractivity (Wildman–Crippen MR) is 61.3 cm³/mol. The maximum atomic E-state index is 10.7. The van der Waals surface area contributed by atoms with Gasteiger partial charge in [-0.25, -0.2) is 0 Å². The maximum absolute atomic E-state index is 10.7. The second kappa shape index (κ2) is 4.82. The van der Waals surface area contributed by atoms with Crippen LogP contribution in [0.4, 0.5) is 5.69 Å². The van der Waals surface area contributed by atoms with Crippen LogP contribution in [0.3, 0.4) is 0 Å². The Labute approximate surface area is 90.3 Å². The molecule has 3 heteroatoms. The largest absolute Gasteiger partial charge is 0.481 e. The van der Waals surface area contributed by atoms with Crippen LogP contribution < -0.4 is 4.90 Å². The molecule has 0 aliphatic carbocycles. The summed E-state index contributed by atoms with van der Waals surface area (Å²) in [7, 11) is 3.96. The molecule has 0 saturated carbocycles. The molecule has 1 aromatic rings. The maximum Gasteiger partial charge on any atom is 0.306 e. The summed E-state index contributed by atoms with van der Waals surface area (Å²) in [6, 6.07) is 7.97. The van der Waals surface area contributed by atoms with E-state index in [4.69, 9.17) is 5.11 Å². The SMILES string of the molecule is CC(Cc1ccc(N(C)C)cc1)C(=O)O. The molecule has 3 nitrogen and oxygen atoms in total. The van der Waals surface area contributed by atoms with E-state index in [-0.39, 0.29) is 5.92 Å². The van der Waals surface area contributed by atoms with Gasteiger partial charge in [0.15, 0.2) is 0 Å². The first kappa shape index (κ1) is 11.6. The number of anilines is 1. The van der Waals surface area contributed by atoms with Gasteiger partial charge in [-0.1, -0.05) is 19.1 Å². The molecule has 0 saturated heterocycles. The van der Waals surface area contributed by atoms with Crippen molar-refractivity contribution in [2.24, 2.45) is 5.92 Å². The minimum Gasteiger partial charge on any atom is -0.481 e. The van der Waals surface area contributed by atoms with Crippen LogP contribution in [0.2, 0.25) is 0 Å². The minimum atomic E-state index is -0.744. The van der Waals surface area contributed by atoms with Gasteiger partial charge in [-0.15, -0.1) is 0 Å². The Morgan fingerprint density at radius 3 is 2.27 bits per heavy atom. The lowest BCUT2D eigenvalue weighted by molar-refractivity contribution is -0.141. The van der Waals surface area contributed by atoms with Gasteiger partial charge in [0.2, 0.25) is 0 Å². The van der Waals surface area contributed by atoms with E-state index in [2.05, 4.69) is 0 Å². The zero-order valence-electron chi connectivity index (χ0n) is 9.40. The molecule has 0 aliphatic rings. The van der Waals surface area contributed by atoms with Crippen molar-refractivity contribution in [3.63, 3.8) is 0 Å². The minimum absolute atomic E-state index is 0.324. The first-order valence-electron chi connectivity index (χ1n) is 4.99. The molecule has 1 aromatic carbocycles. The van der Waals surface area contributed by atoms with Gasteiger partial charge in [-0.3, -0.25) is 4.79 Å². The third-order valence-electron chi connectivity index (χ3n) is 2.42. The molecule has 0 spiro atoms. The average molecular weight is 207 g/mol. The Morgan fingerprint density at radius 1 is 1.33 bits per heavy atom. The van der Waals surface area contributed by atoms with Crippen LogP contribution in [-0.4, -0.2) is 25.2 Å². The fraction of sp³-hybridized carbons (Fsp3) is 0.417. The quantitative estimate of drug-likeness (QED) is 0.821. The standard InChI is InChI=1S/C12H17NO2/c1-9(12(14)15)8-10-4-6-11(7-5-10)13(2)3/h4-7,9H,8H2,1-3H3,(H,14,15). The predicted octanol–water partition coefficient (Wildman–Crippen LogP) is 2.02. The van der Waals surface area contributed by atoms with Crippen molar-refractivity contribution < 1.29 is 9.90 Å². The van der Waals surface area contributed by atoms with Gasteiger partial charge in [0.1, 0.15) is 0 Å². The first-order valence-corrected chi connectivity index (χ1v) is 4.99. The molecule has 0 aliphatic heterocycles. The number of carbonyl (C=O) groups is 1. The van der Waals surface area contributed by atoms with Crippen molar-refractivity contribution in [3.05, 3.63) is 29.8 Å². The lowest BCUT2D eigenvalue weighted by atomic mass is 10.0. The van der Waals surface area contributed by atoms with Crippen molar-refractivity contribution >= 4 is 11.7 Å². The summed E-state index contributed by atoms with van der Waals surface area (Å²) < 4.78 is 0. The molecule has 0 radical (unpaired) electrons. The summed E-state index contributed by atoms with van der Waals surface area (Å²) in [6.07, 6.45) is 0.586. The lowest BCUT2D eigenvalue weighted by Gasteiger charge is -2.13. The van der Waals surface area contributed by atoms with Crippen molar-refractivity contribution in [3.8, 4) is 0 Å². The Kier molecular flexibility index (Phi) is 3.72. The molecular formula is C12H17NO2. The summed E-state index contributed by atoms with van der Waals surface area (Å²) in [4.78, 5) is 12.7. The number of nitrogens with zero attached hydrogens (tertiary/aromatic N) is 1. The molecule has 0 bridgehead atoms. The van der Waals surface area contributed by atoms with Crippen LogP contribution in [0.15, 0.2) is 24.3 Å². The molecule has 1 unspecified atom stereocenters. The highest BCUT2D eigenvalue weighted by Gasteiger charge is 2.11. The van der Waals surface area contributed by atoms with Crippen LogP contribution >= 0.6 is 0 Å². The fourth-order valence-corrected chi connectivity index (χ4v) is 1.37. The number of carboxylic acids is 1. The molecule has 1 atom stereocenters. The lowest BCUT2D eigenvalue weighted by Crippen LogP contribution is -2.12. The van der Waals surface area contributed by atoms with E-state index < -0.39 is 5.97 Å². The zero-order valence-corrected chi connectivity index (χ0v) is 9.40. The molecule has 15 heavy (non-hydrogen) atoms. The van der Waals surface area contributed by atoms with E-state index in [1.54, 1.807) is 6.92 Å². The van der Waals surface area contributed by atoms with E-state index in [1.807, 2.05) is 43.3 Å². The van der Waals surface area contributed by atoms with Gasteiger partial charge in [0, 0.05) is 19.8 Å². The third-order valence-corrected chi connectivity index (χ3v) is 2.42. The van der Waals surface area contributed by atoms with Crippen molar-refractivity contribution in [1.82, 2.24) is 0 Å². The summed E-state index contributed by atoms with van der Waals surface area (Å²) in [5.74, 6) is -1.07. The summed E-state index contributed by atoms with van der Waals surface area (Å²) in [5.41, 5.74) is 2.19. The molecule has 0 fully saturated rings. The zero-order chi connectivity index (χ0) is 11.4. The molecule has 0 aromatic heterocycles. The normalized spacial score (nSPS) is 12.2. The van der Waals surface area contributed by atoms with Gasteiger partial charge >= 0.3 is 5.97 Å². The number of aliphatic carboxylic acids is 1. The van der Waals surface area contributed by atoms with Crippen LogP contribution in [-0.2, 0) is 11.2 Å². The molecule has 0 heterocycles. The van der Waals surface area contributed by atoms with E-state index >= 15 is 0 Å². The topological polar surface area (TPSA) is 40.5 Å². The number of carboxylic acid groups (broad SMARTS) is 1. The van der Waals surface area contributed by atoms with Crippen molar-refractivity contribution in [2.75, 3.05) is 19.0 Å². The molecular weight excluding hydrogens is 190 g/mol. The Bertz CT molecular complexity index is 330. The fourth-order valence-electron chi connectivity index (χ4n) is 1.37. The second-order valence-electron chi connectivity index (χ2n) is 4.00. The van der Waals surface area contributed by atoms with E-state index in [9.17, 15) is 4.79 Å². The monoisotopic (exact) mass is 207 g/mol. The summed E-state index contributed by atoms with van der Waals surface area (Å²) in [5, 5.41) is 8.78. The van der Waals surface area contributed by atoms with Gasteiger partial charge in [-0.2, -0.15) is 0 Å². The number of hydrogen-bond donors (Lipinski definition) is 1. The second-order valence-corrected chi connectivity index (χ2v) is 4.00. The smallest absolute Gasteiger partial charge is 0.306 e. The highest BCUT2D eigenvalue weighted by Crippen LogP contribution is 2.15. The molecule has 1 N–H and O–H groups in total. The summed E-state index contributed by atoms with van der Waals surface area (Å²) in [6.45, 7) is 1.72. The van der Waals surface area contributed by atoms with Gasteiger partial charge in [0.05, 0.1) is 5.92 Å². The van der Waals surface area contributed by atoms with E-state index in [0.717, 1.165) is 11.3 Å². The number of rotatable bonds is 4. The average Bonchev–Trinajstić information content (AvgIpc) is 2.18. The van der Waals surface area contributed by atoms with Crippen molar-refractivity contribution in [1.29, 1.82) is 0 Å². The van der Waals surface area contributed by atoms with Crippen molar-refractivity contribution in [2.45, 2.75) is 13.3 Å². The van der Waals surface area contributed by atoms with Crippen LogP contribution in [0, 0.1) is 5.92 Å². The first-order chi connectivity index (χ1) is 7.00. The Balaban J connectivity index is 2.68. The van der Waals surface area contributed by atoms with Gasteiger partial charge in [0.25, 0.3) is 0 Å². The van der Waals surface area contributed by atoms with Gasteiger partial charge in [-0.05, 0) is 24.1 Å². The van der Waals surface area contributed by atoms with Crippen LogP contribution in [0.25, 0.3) is 0 Å².